The number of hydrogen-bond acceptors (Lipinski definition) is 4. The largest absolute Gasteiger partial charge is 0.457 e. The summed E-state index contributed by atoms with van der Waals surface area (Å²) in [5, 5.41) is 9.54. The van der Waals surface area contributed by atoms with E-state index < -0.39 is 6.10 Å². The van der Waals surface area contributed by atoms with Crippen LogP contribution in [-0.4, -0.2) is 37.0 Å². The van der Waals surface area contributed by atoms with E-state index in [1.807, 2.05) is 0 Å². The maximum Gasteiger partial charge on any atom is 0.306 e. The average molecular weight is 641 g/mol. The van der Waals surface area contributed by atoms with Gasteiger partial charge < -0.3 is 14.6 Å². The van der Waals surface area contributed by atoms with Gasteiger partial charge in [0.15, 0.2) is 0 Å². The number of unbranched alkanes of at least 4 members (excludes halogenated alkanes) is 14. The van der Waals surface area contributed by atoms with E-state index in [9.17, 15) is 9.90 Å². The van der Waals surface area contributed by atoms with Crippen molar-refractivity contribution in [3.63, 3.8) is 0 Å². The summed E-state index contributed by atoms with van der Waals surface area (Å²) in [6, 6.07) is 0. The Morgan fingerprint density at radius 1 is 0.543 bits per heavy atom. The summed E-state index contributed by atoms with van der Waals surface area (Å²) in [5.41, 5.74) is 0. The predicted octanol–water partition coefficient (Wildman–Crippen LogP) is 12.3. The van der Waals surface area contributed by atoms with Crippen LogP contribution in [-0.2, 0) is 14.3 Å². The lowest BCUT2D eigenvalue weighted by Crippen LogP contribution is -2.27. The van der Waals surface area contributed by atoms with Gasteiger partial charge in [0.1, 0.15) is 6.10 Å². The van der Waals surface area contributed by atoms with Gasteiger partial charge in [-0.15, -0.1) is 0 Å². The van der Waals surface area contributed by atoms with Crippen molar-refractivity contribution >= 4 is 5.97 Å². The van der Waals surface area contributed by atoms with Crippen LogP contribution in [0.15, 0.2) is 72.9 Å². The Kier molecular flexibility index (Phi) is 37.2. The van der Waals surface area contributed by atoms with Crippen molar-refractivity contribution < 1.29 is 19.4 Å². The third-order valence-electron chi connectivity index (χ3n) is 7.75. The fourth-order valence-electron chi connectivity index (χ4n) is 4.94. The van der Waals surface area contributed by atoms with Gasteiger partial charge in [-0.25, -0.2) is 0 Å². The van der Waals surface area contributed by atoms with E-state index in [4.69, 9.17) is 9.47 Å². The molecule has 4 nitrogen and oxygen atoms in total. The first kappa shape index (κ1) is 43.8. The van der Waals surface area contributed by atoms with Gasteiger partial charge in [0.2, 0.25) is 0 Å². The quantitative estimate of drug-likeness (QED) is 0.0432. The molecule has 264 valence electrons. The SMILES string of the molecule is CC/C=C\C/C=C\C/C=C\C/C=C\C/C=C\CCCCCCCCCCOCC(CO)OC(=O)CCCCCCC/C=C\CCC. The molecule has 0 aromatic carbocycles. The Hall–Kier alpha value is -2.17. The van der Waals surface area contributed by atoms with Gasteiger partial charge in [0, 0.05) is 13.0 Å². The van der Waals surface area contributed by atoms with E-state index in [1.54, 1.807) is 0 Å². The molecule has 1 unspecified atom stereocenters. The maximum atomic E-state index is 12.1. The molecule has 4 heteroatoms. The first-order valence-corrected chi connectivity index (χ1v) is 19.0. The second-order valence-corrected chi connectivity index (χ2v) is 12.3. The Morgan fingerprint density at radius 3 is 1.50 bits per heavy atom. The fraction of sp³-hybridized carbons (Fsp3) is 0.690. The molecule has 0 bridgehead atoms. The van der Waals surface area contributed by atoms with E-state index in [1.165, 1.54) is 77.0 Å². The first-order valence-electron chi connectivity index (χ1n) is 19.0. The van der Waals surface area contributed by atoms with Gasteiger partial charge in [-0.2, -0.15) is 0 Å². The molecule has 0 saturated heterocycles. The zero-order chi connectivity index (χ0) is 33.4. The van der Waals surface area contributed by atoms with Crippen LogP contribution in [0.2, 0.25) is 0 Å². The van der Waals surface area contributed by atoms with Gasteiger partial charge in [0.25, 0.3) is 0 Å². The third kappa shape index (κ3) is 36.3. The van der Waals surface area contributed by atoms with Gasteiger partial charge in [-0.05, 0) is 77.0 Å². The lowest BCUT2D eigenvalue weighted by atomic mass is 10.1. The Labute approximate surface area is 285 Å². The van der Waals surface area contributed by atoms with E-state index in [0.29, 0.717) is 13.0 Å². The van der Waals surface area contributed by atoms with Crippen LogP contribution < -0.4 is 0 Å². The highest BCUT2D eigenvalue weighted by molar-refractivity contribution is 5.69. The minimum atomic E-state index is -0.544. The zero-order valence-corrected chi connectivity index (χ0v) is 30.1. The number of hydrogen-bond donors (Lipinski definition) is 1. The molecule has 0 heterocycles. The van der Waals surface area contributed by atoms with E-state index in [0.717, 1.165) is 64.2 Å². The summed E-state index contributed by atoms with van der Waals surface area (Å²) >= 11 is 0. The van der Waals surface area contributed by atoms with E-state index in [2.05, 4.69) is 86.8 Å². The predicted molar refractivity (Wildman–Crippen MR) is 200 cm³/mol. The molecular weight excluding hydrogens is 568 g/mol. The summed E-state index contributed by atoms with van der Waals surface area (Å²) in [6.07, 6.45) is 52.4. The fourth-order valence-corrected chi connectivity index (χ4v) is 4.94. The van der Waals surface area contributed by atoms with Crippen LogP contribution in [0.5, 0.6) is 0 Å². The van der Waals surface area contributed by atoms with Crippen molar-refractivity contribution in [2.45, 2.75) is 168 Å². The lowest BCUT2D eigenvalue weighted by Gasteiger charge is -2.15. The van der Waals surface area contributed by atoms with Gasteiger partial charge in [0.05, 0.1) is 13.2 Å². The molecule has 0 aliphatic rings. The summed E-state index contributed by atoms with van der Waals surface area (Å²) < 4.78 is 11.1. The van der Waals surface area contributed by atoms with Crippen molar-refractivity contribution in [1.29, 1.82) is 0 Å². The number of esters is 1. The van der Waals surface area contributed by atoms with Crippen LogP contribution in [0.4, 0.5) is 0 Å². The summed E-state index contributed by atoms with van der Waals surface area (Å²) in [4.78, 5) is 12.1. The molecule has 0 rings (SSSR count). The van der Waals surface area contributed by atoms with Crippen LogP contribution in [0.1, 0.15) is 162 Å². The summed E-state index contributed by atoms with van der Waals surface area (Å²) in [7, 11) is 0. The average Bonchev–Trinajstić information content (AvgIpc) is 3.06. The molecule has 1 N–H and O–H groups in total. The maximum absolute atomic E-state index is 12.1. The molecule has 0 fully saturated rings. The highest BCUT2D eigenvalue weighted by Crippen LogP contribution is 2.11. The standard InChI is InChI=1S/C42H72O4/c1-3-5-7-9-11-13-15-16-17-18-19-20-21-22-23-24-25-26-27-28-30-32-34-36-38-45-40-41(39-43)46-42(44)37-35-33-31-29-14-12-10-8-6-4-2/h5,7-8,10-11,13,16-17,19-20,22-23,41,43H,3-4,6,9,12,14-15,18,21,24-40H2,1-2H3/b7-5-,10-8-,13-11-,17-16-,20-19-,23-22-. The third-order valence-corrected chi connectivity index (χ3v) is 7.75. The molecule has 0 saturated carbocycles. The zero-order valence-electron chi connectivity index (χ0n) is 30.1. The van der Waals surface area contributed by atoms with Gasteiger partial charge in [-0.3, -0.25) is 4.79 Å². The lowest BCUT2D eigenvalue weighted by molar-refractivity contribution is -0.154. The second-order valence-electron chi connectivity index (χ2n) is 12.3. The molecule has 0 aliphatic carbocycles. The molecule has 0 radical (unpaired) electrons. The van der Waals surface area contributed by atoms with Crippen LogP contribution in [0.3, 0.4) is 0 Å². The number of aliphatic hydroxyl groups is 1. The van der Waals surface area contributed by atoms with Crippen LogP contribution in [0, 0.1) is 0 Å². The molecule has 0 amide bonds. The molecule has 0 aliphatic heterocycles. The van der Waals surface area contributed by atoms with Crippen molar-refractivity contribution in [3.05, 3.63) is 72.9 Å². The highest BCUT2D eigenvalue weighted by Gasteiger charge is 2.13. The number of ether oxygens (including phenoxy) is 2. The summed E-state index contributed by atoms with van der Waals surface area (Å²) in [6.45, 7) is 5.13. The smallest absolute Gasteiger partial charge is 0.306 e. The van der Waals surface area contributed by atoms with Crippen molar-refractivity contribution in [3.8, 4) is 0 Å². The second kappa shape index (κ2) is 39.0. The molecule has 0 aromatic heterocycles. The topological polar surface area (TPSA) is 55.8 Å². The summed E-state index contributed by atoms with van der Waals surface area (Å²) in [5.74, 6) is -0.219. The molecule has 0 aromatic rings. The Balaban J connectivity index is 3.48. The number of allylic oxidation sites excluding steroid dienone is 12. The number of rotatable bonds is 34. The van der Waals surface area contributed by atoms with Gasteiger partial charge in [-0.1, -0.05) is 151 Å². The Bertz CT molecular complexity index is 804. The Morgan fingerprint density at radius 2 is 0.978 bits per heavy atom. The molecule has 46 heavy (non-hydrogen) atoms. The van der Waals surface area contributed by atoms with Crippen molar-refractivity contribution in [2.75, 3.05) is 19.8 Å². The number of aliphatic hydroxyl groups excluding tert-OH is 1. The monoisotopic (exact) mass is 641 g/mol. The first-order chi connectivity index (χ1) is 22.7. The van der Waals surface area contributed by atoms with Crippen LogP contribution >= 0.6 is 0 Å². The van der Waals surface area contributed by atoms with E-state index >= 15 is 0 Å². The highest BCUT2D eigenvalue weighted by atomic mass is 16.6. The van der Waals surface area contributed by atoms with Gasteiger partial charge >= 0.3 is 5.97 Å². The minimum Gasteiger partial charge on any atom is -0.457 e. The molecular formula is C42H72O4. The van der Waals surface area contributed by atoms with E-state index in [-0.39, 0.29) is 19.2 Å². The van der Waals surface area contributed by atoms with Crippen molar-refractivity contribution in [1.82, 2.24) is 0 Å². The number of carbonyl (C=O) groups excluding carboxylic acids is 1. The molecule has 1 atom stereocenters. The normalized spacial score (nSPS) is 13.2. The number of carbonyl (C=O) groups is 1. The minimum absolute atomic E-state index is 0.182. The molecule has 0 spiro atoms. The van der Waals surface area contributed by atoms with Crippen LogP contribution in [0.25, 0.3) is 0 Å². The van der Waals surface area contributed by atoms with Crippen molar-refractivity contribution in [2.24, 2.45) is 0 Å².